The number of hydrogen-bond donors (Lipinski definition) is 2. The average molecular weight is 295 g/mol. The second-order valence-electron chi connectivity index (χ2n) is 5.64. The molecule has 1 aliphatic rings. The Bertz CT molecular complexity index is 646. The predicted octanol–water partition coefficient (Wildman–Crippen LogP) is 3.51. The number of rotatable bonds is 3. The first-order chi connectivity index (χ1) is 10.7. The number of nitrogens with two attached hydrogens (primary N) is 1. The highest BCUT2D eigenvalue weighted by Crippen LogP contribution is 2.22. The third kappa shape index (κ3) is 3.22. The van der Waals surface area contributed by atoms with Gasteiger partial charge in [-0.15, -0.1) is 0 Å². The second kappa shape index (κ2) is 6.52. The predicted molar refractivity (Wildman–Crippen MR) is 91.3 cm³/mol. The van der Waals surface area contributed by atoms with Gasteiger partial charge in [0.05, 0.1) is 5.56 Å². The number of hydrogen-bond acceptors (Lipinski definition) is 3. The maximum atomic E-state index is 12.2. The largest absolute Gasteiger partial charge is 0.398 e. The molecule has 3 N–H and O–H groups in total. The molecule has 0 spiro atoms. The number of carbonyl (C=O) groups excluding carboxylic acids is 1. The summed E-state index contributed by atoms with van der Waals surface area (Å²) in [7, 11) is 0. The van der Waals surface area contributed by atoms with Gasteiger partial charge in [-0.25, -0.2) is 0 Å². The van der Waals surface area contributed by atoms with Gasteiger partial charge in [0.2, 0.25) is 0 Å². The van der Waals surface area contributed by atoms with Gasteiger partial charge in [-0.05, 0) is 55.7 Å². The molecule has 1 saturated heterocycles. The summed E-state index contributed by atoms with van der Waals surface area (Å²) in [5, 5.41) is 2.89. The lowest BCUT2D eigenvalue weighted by molar-refractivity contribution is 0.102. The van der Waals surface area contributed by atoms with Gasteiger partial charge < -0.3 is 16.0 Å². The molecule has 22 heavy (non-hydrogen) atoms. The van der Waals surface area contributed by atoms with Crippen LogP contribution in [0.15, 0.2) is 48.5 Å². The van der Waals surface area contributed by atoms with Crippen LogP contribution >= 0.6 is 0 Å². The summed E-state index contributed by atoms with van der Waals surface area (Å²) in [6, 6.07) is 15.1. The van der Waals surface area contributed by atoms with E-state index in [9.17, 15) is 4.79 Å². The van der Waals surface area contributed by atoms with Crippen LogP contribution in [0.1, 0.15) is 29.6 Å². The summed E-state index contributed by atoms with van der Waals surface area (Å²) in [5.74, 6) is -0.177. The number of anilines is 3. The van der Waals surface area contributed by atoms with Crippen LogP contribution < -0.4 is 16.0 Å². The van der Waals surface area contributed by atoms with Crippen LogP contribution in [-0.4, -0.2) is 19.0 Å². The average Bonchev–Trinajstić information content (AvgIpc) is 2.57. The van der Waals surface area contributed by atoms with E-state index in [-0.39, 0.29) is 5.91 Å². The topological polar surface area (TPSA) is 58.4 Å². The van der Waals surface area contributed by atoms with Gasteiger partial charge in [-0.1, -0.05) is 12.1 Å². The van der Waals surface area contributed by atoms with Crippen molar-refractivity contribution in [3.8, 4) is 0 Å². The normalized spacial score (nSPS) is 14.6. The lowest BCUT2D eigenvalue weighted by atomic mass is 10.1. The minimum absolute atomic E-state index is 0.177. The van der Waals surface area contributed by atoms with E-state index in [1.807, 2.05) is 24.3 Å². The van der Waals surface area contributed by atoms with Gasteiger partial charge in [0.15, 0.2) is 0 Å². The summed E-state index contributed by atoms with van der Waals surface area (Å²) < 4.78 is 0. The molecule has 4 heteroatoms. The molecule has 0 aliphatic carbocycles. The summed E-state index contributed by atoms with van der Waals surface area (Å²) in [6.45, 7) is 2.23. The highest BCUT2D eigenvalue weighted by molar-refractivity contribution is 6.07. The molecule has 4 nitrogen and oxygen atoms in total. The van der Waals surface area contributed by atoms with Crippen molar-refractivity contribution in [2.24, 2.45) is 0 Å². The van der Waals surface area contributed by atoms with E-state index in [1.54, 1.807) is 12.1 Å². The SMILES string of the molecule is Nc1ccccc1C(=O)Nc1ccc(N2CCCCC2)cc1. The van der Waals surface area contributed by atoms with E-state index >= 15 is 0 Å². The number of piperidine rings is 1. The van der Waals surface area contributed by atoms with Crippen LogP contribution in [0, 0.1) is 0 Å². The summed E-state index contributed by atoms with van der Waals surface area (Å²) in [4.78, 5) is 14.6. The number of nitrogens with one attached hydrogen (secondary N) is 1. The fraction of sp³-hybridized carbons (Fsp3) is 0.278. The zero-order valence-electron chi connectivity index (χ0n) is 12.6. The zero-order chi connectivity index (χ0) is 15.4. The molecule has 0 unspecified atom stereocenters. The van der Waals surface area contributed by atoms with Gasteiger partial charge in [0.25, 0.3) is 5.91 Å². The molecule has 0 saturated carbocycles. The van der Waals surface area contributed by atoms with Crippen LogP contribution in [0.5, 0.6) is 0 Å². The van der Waals surface area contributed by atoms with Crippen molar-refractivity contribution in [1.29, 1.82) is 0 Å². The molecule has 114 valence electrons. The highest BCUT2D eigenvalue weighted by Gasteiger charge is 2.12. The second-order valence-corrected chi connectivity index (χ2v) is 5.64. The van der Waals surface area contributed by atoms with Crippen LogP contribution in [0.2, 0.25) is 0 Å². The molecule has 1 heterocycles. The first-order valence-corrected chi connectivity index (χ1v) is 7.75. The van der Waals surface area contributed by atoms with Crippen LogP contribution in [0.4, 0.5) is 17.1 Å². The van der Waals surface area contributed by atoms with Crippen molar-refractivity contribution in [3.63, 3.8) is 0 Å². The van der Waals surface area contributed by atoms with Crippen LogP contribution in [0.25, 0.3) is 0 Å². The number of amides is 1. The fourth-order valence-electron chi connectivity index (χ4n) is 2.81. The maximum Gasteiger partial charge on any atom is 0.257 e. The molecule has 2 aromatic rings. The Hall–Kier alpha value is -2.49. The first-order valence-electron chi connectivity index (χ1n) is 7.75. The maximum absolute atomic E-state index is 12.2. The molecule has 0 bridgehead atoms. The smallest absolute Gasteiger partial charge is 0.257 e. The summed E-state index contributed by atoms with van der Waals surface area (Å²) >= 11 is 0. The van der Waals surface area contributed by atoms with Crippen LogP contribution in [-0.2, 0) is 0 Å². The molecule has 2 aromatic carbocycles. The van der Waals surface area contributed by atoms with Gasteiger partial charge in [-0.3, -0.25) is 4.79 Å². The molecule has 1 amide bonds. The zero-order valence-corrected chi connectivity index (χ0v) is 12.6. The van der Waals surface area contributed by atoms with E-state index < -0.39 is 0 Å². The van der Waals surface area contributed by atoms with Crippen molar-refractivity contribution < 1.29 is 4.79 Å². The highest BCUT2D eigenvalue weighted by atomic mass is 16.1. The molecule has 0 atom stereocenters. The van der Waals surface area contributed by atoms with E-state index in [1.165, 1.54) is 24.9 Å². The Balaban J connectivity index is 1.68. The number of nitrogens with zero attached hydrogens (tertiary/aromatic N) is 1. The minimum Gasteiger partial charge on any atom is -0.398 e. The van der Waals surface area contributed by atoms with Crippen molar-refractivity contribution in [2.75, 3.05) is 29.0 Å². The lowest BCUT2D eigenvalue weighted by Gasteiger charge is -2.28. The Labute approximate surface area is 130 Å². The van der Waals surface area contributed by atoms with Crippen molar-refractivity contribution in [2.45, 2.75) is 19.3 Å². The fourth-order valence-corrected chi connectivity index (χ4v) is 2.81. The Morgan fingerprint density at radius 2 is 1.64 bits per heavy atom. The van der Waals surface area contributed by atoms with Gasteiger partial charge >= 0.3 is 0 Å². The molecule has 0 aromatic heterocycles. The number of nitrogen functional groups attached to an aromatic ring is 1. The van der Waals surface area contributed by atoms with Crippen LogP contribution in [0.3, 0.4) is 0 Å². The van der Waals surface area contributed by atoms with E-state index in [2.05, 4.69) is 22.3 Å². The first kappa shape index (κ1) is 14.4. The molecule has 0 radical (unpaired) electrons. The van der Waals surface area contributed by atoms with Crippen molar-refractivity contribution in [1.82, 2.24) is 0 Å². The Morgan fingerprint density at radius 1 is 0.955 bits per heavy atom. The third-order valence-electron chi connectivity index (χ3n) is 4.05. The van der Waals surface area contributed by atoms with Gasteiger partial charge in [-0.2, -0.15) is 0 Å². The Morgan fingerprint density at radius 3 is 2.32 bits per heavy atom. The van der Waals surface area contributed by atoms with Crippen molar-refractivity contribution >= 4 is 23.0 Å². The van der Waals surface area contributed by atoms with E-state index in [4.69, 9.17) is 5.73 Å². The monoisotopic (exact) mass is 295 g/mol. The molecular formula is C18H21N3O. The molecule has 1 aliphatic heterocycles. The standard InChI is InChI=1S/C18H21N3O/c19-17-7-3-2-6-16(17)18(22)20-14-8-10-15(11-9-14)21-12-4-1-5-13-21/h2-3,6-11H,1,4-5,12-13,19H2,(H,20,22). The third-order valence-corrected chi connectivity index (χ3v) is 4.05. The van der Waals surface area contributed by atoms with Gasteiger partial charge in [0, 0.05) is 30.2 Å². The Kier molecular flexibility index (Phi) is 4.28. The molecule has 1 fully saturated rings. The van der Waals surface area contributed by atoms with E-state index in [0.29, 0.717) is 11.3 Å². The summed E-state index contributed by atoms with van der Waals surface area (Å²) in [5.41, 5.74) is 8.83. The summed E-state index contributed by atoms with van der Waals surface area (Å²) in [6.07, 6.45) is 3.83. The molecular weight excluding hydrogens is 274 g/mol. The lowest BCUT2D eigenvalue weighted by Crippen LogP contribution is -2.29. The quantitative estimate of drug-likeness (QED) is 0.852. The van der Waals surface area contributed by atoms with Gasteiger partial charge in [0.1, 0.15) is 0 Å². The van der Waals surface area contributed by atoms with E-state index in [0.717, 1.165) is 18.8 Å². The number of para-hydroxylation sites is 1. The molecule has 3 rings (SSSR count). The minimum atomic E-state index is -0.177. The van der Waals surface area contributed by atoms with Crippen molar-refractivity contribution in [3.05, 3.63) is 54.1 Å². The number of benzene rings is 2. The number of carbonyl (C=O) groups is 1.